The molecule has 2 heterocycles. The third kappa shape index (κ3) is 2.72. The summed E-state index contributed by atoms with van der Waals surface area (Å²) < 4.78 is 0. The normalized spacial score (nSPS) is 9.82. The first-order chi connectivity index (χ1) is 8.29. The minimum Gasteiger partial charge on any atom is -0.397 e. The Hall–Kier alpha value is -2.55. The Balaban J connectivity index is 1.97. The second-order valence-corrected chi connectivity index (χ2v) is 3.53. The Kier molecular flexibility index (Phi) is 3.21. The van der Waals surface area contributed by atoms with Crippen LogP contribution in [0.25, 0.3) is 0 Å². The lowest BCUT2D eigenvalue weighted by Gasteiger charge is -2.06. The molecular weight excluding hydrogens is 216 g/mol. The minimum atomic E-state index is 0.453. The molecule has 17 heavy (non-hydrogen) atoms. The number of hydrogen-bond acceptors (Lipinski definition) is 5. The Morgan fingerprint density at radius 1 is 1.47 bits per heavy atom. The van der Waals surface area contributed by atoms with Gasteiger partial charge in [0.25, 0.3) is 0 Å². The molecule has 6 nitrogen and oxygen atoms in total. The van der Waals surface area contributed by atoms with E-state index >= 15 is 0 Å². The Bertz CT molecular complexity index is 525. The number of nitrogens with two attached hydrogens (primary N) is 1. The van der Waals surface area contributed by atoms with Gasteiger partial charge in [0.05, 0.1) is 23.8 Å². The van der Waals surface area contributed by atoms with Crippen molar-refractivity contribution in [2.24, 2.45) is 0 Å². The Labute approximate surface area is 98.5 Å². The van der Waals surface area contributed by atoms with E-state index < -0.39 is 0 Å². The van der Waals surface area contributed by atoms with Gasteiger partial charge < -0.3 is 16.0 Å². The third-order valence-electron chi connectivity index (χ3n) is 2.27. The maximum absolute atomic E-state index is 8.92. The molecule has 0 aromatic carbocycles. The summed E-state index contributed by atoms with van der Waals surface area (Å²) in [6, 6.07) is 3.66. The first-order valence-corrected chi connectivity index (χ1v) is 5.16. The SMILES string of the molecule is N#Cc1cc(N)cnc1NCCc1cnc[nH]1. The molecule has 0 aliphatic carbocycles. The fourth-order valence-corrected chi connectivity index (χ4v) is 1.44. The summed E-state index contributed by atoms with van der Waals surface area (Å²) in [4.78, 5) is 11.0. The van der Waals surface area contributed by atoms with Gasteiger partial charge in [-0.15, -0.1) is 0 Å². The highest BCUT2D eigenvalue weighted by molar-refractivity contribution is 5.57. The number of anilines is 2. The van der Waals surface area contributed by atoms with Crippen LogP contribution in [0.5, 0.6) is 0 Å². The lowest BCUT2D eigenvalue weighted by molar-refractivity contribution is 0.967. The lowest BCUT2D eigenvalue weighted by atomic mass is 10.2. The van der Waals surface area contributed by atoms with E-state index in [1.807, 2.05) is 0 Å². The number of hydrogen-bond donors (Lipinski definition) is 3. The lowest BCUT2D eigenvalue weighted by Crippen LogP contribution is -2.08. The minimum absolute atomic E-state index is 0.453. The molecule has 6 heteroatoms. The van der Waals surface area contributed by atoms with Crippen LogP contribution in [0.15, 0.2) is 24.8 Å². The van der Waals surface area contributed by atoms with Crippen molar-refractivity contribution in [1.29, 1.82) is 5.26 Å². The molecule has 2 aromatic rings. The summed E-state index contributed by atoms with van der Waals surface area (Å²) in [6.07, 6.45) is 5.72. The zero-order chi connectivity index (χ0) is 12.1. The highest BCUT2D eigenvalue weighted by Gasteiger charge is 2.03. The summed E-state index contributed by atoms with van der Waals surface area (Å²) in [5.74, 6) is 0.557. The molecule has 0 spiro atoms. The van der Waals surface area contributed by atoms with Crippen LogP contribution < -0.4 is 11.1 Å². The van der Waals surface area contributed by atoms with Crippen LogP contribution in [0.4, 0.5) is 11.5 Å². The first-order valence-electron chi connectivity index (χ1n) is 5.16. The van der Waals surface area contributed by atoms with Crippen LogP contribution in [-0.2, 0) is 6.42 Å². The molecule has 2 aromatic heterocycles. The topological polar surface area (TPSA) is 103 Å². The maximum Gasteiger partial charge on any atom is 0.144 e. The maximum atomic E-state index is 8.92. The van der Waals surface area contributed by atoms with Crippen molar-refractivity contribution in [1.82, 2.24) is 15.0 Å². The van der Waals surface area contributed by atoms with E-state index in [1.165, 1.54) is 6.20 Å². The molecule has 0 unspecified atom stereocenters. The van der Waals surface area contributed by atoms with Gasteiger partial charge in [0.2, 0.25) is 0 Å². The number of pyridine rings is 1. The van der Waals surface area contributed by atoms with E-state index in [0.717, 1.165) is 12.1 Å². The van der Waals surface area contributed by atoms with Gasteiger partial charge in [-0.05, 0) is 6.07 Å². The average Bonchev–Trinajstić information content (AvgIpc) is 2.84. The number of rotatable bonds is 4. The number of nitrogen functional groups attached to an aromatic ring is 1. The monoisotopic (exact) mass is 228 g/mol. The number of imidazole rings is 1. The first kappa shape index (κ1) is 11.0. The van der Waals surface area contributed by atoms with Gasteiger partial charge in [0.15, 0.2) is 0 Å². The highest BCUT2D eigenvalue weighted by atomic mass is 15.0. The molecule has 2 rings (SSSR count). The Morgan fingerprint density at radius 2 is 2.35 bits per heavy atom. The van der Waals surface area contributed by atoms with Gasteiger partial charge in [-0.3, -0.25) is 0 Å². The van der Waals surface area contributed by atoms with Crippen molar-refractivity contribution in [2.75, 3.05) is 17.6 Å². The van der Waals surface area contributed by atoms with E-state index in [9.17, 15) is 0 Å². The second kappa shape index (κ2) is 4.99. The van der Waals surface area contributed by atoms with E-state index in [-0.39, 0.29) is 0 Å². The molecule has 0 radical (unpaired) electrons. The number of aromatic amines is 1. The van der Waals surface area contributed by atoms with Crippen LogP contribution >= 0.6 is 0 Å². The van der Waals surface area contributed by atoms with Crippen molar-refractivity contribution in [3.8, 4) is 6.07 Å². The second-order valence-electron chi connectivity index (χ2n) is 3.53. The smallest absolute Gasteiger partial charge is 0.144 e. The summed E-state index contributed by atoms with van der Waals surface area (Å²) in [5, 5.41) is 12.0. The highest BCUT2D eigenvalue weighted by Crippen LogP contribution is 2.13. The van der Waals surface area contributed by atoms with Gasteiger partial charge in [0.1, 0.15) is 11.9 Å². The van der Waals surface area contributed by atoms with Crippen LogP contribution in [-0.4, -0.2) is 21.5 Å². The molecule has 0 aliphatic heterocycles. The molecule has 0 fully saturated rings. The molecule has 86 valence electrons. The van der Waals surface area contributed by atoms with Crippen LogP contribution in [0.3, 0.4) is 0 Å². The van der Waals surface area contributed by atoms with Crippen molar-refractivity contribution in [3.63, 3.8) is 0 Å². The molecular formula is C11H12N6. The van der Waals surface area contributed by atoms with Gasteiger partial charge >= 0.3 is 0 Å². The van der Waals surface area contributed by atoms with Gasteiger partial charge in [0, 0.05) is 24.9 Å². The molecule has 0 aliphatic rings. The van der Waals surface area contributed by atoms with Crippen molar-refractivity contribution >= 4 is 11.5 Å². The standard InChI is InChI=1S/C11H12N6/c12-4-8-3-9(13)5-16-11(8)15-2-1-10-6-14-7-17-10/h3,5-7H,1-2,13H2,(H,14,17)(H,15,16). The zero-order valence-corrected chi connectivity index (χ0v) is 9.14. The summed E-state index contributed by atoms with van der Waals surface area (Å²) in [5.41, 5.74) is 7.53. The Morgan fingerprint density at radius 3 is 3.06 bits per heavy atom. The molecule has 0 bridgehead atoms. The number of aromatic nitrogens is 3. The predicted octanol–water partition coefficient (Wildman–Crippen LogP) is 0.913. The van der Waals surface area contributed by atoms with Crippen LogP contribution in [0.2, 0.25) is 0 Å². The van der Waals surface area contributed by atoms with Crippen molar-refractivity contribution < 1.29 is 0 Å². The molecule has 0 amide bonds. The molecule has 0 saturated heterocycles. The van der Waals surface area contributed by atoms with Crippen LogP contribution in [0.1, 0.15) is 11.3 Å². The molecule has 4 N–H and O–H groups in total. The van der Waals surface area contributed by atoms with Crippen molar-refractivity contribution in [2.45, 2.75) is 6.42 Å². The van der Waals surface area contributed by atoms with Gasteiger partial charge in [-0.1, -0.05) is 0 Å². The van der Waals surface area contributed by atoms with Gasteiger partial charge in [-0.25, -0.2) is 9.97 Å². The van der Waals surface area contributed by atoms with E-state index in [4.69, 9.17) is 11.0 Å². The number of H-pyrrole nitrogens is 1. The number of nitrogens with one attached hydrogen (secondary N) is 2. The summed E-state index contributed by atoms with van der Waals surface area (Å²) in [6.45, 7) is 0.674. The predicted molar refractivity (Wildman–Crippen MR) is 64.1 cm³/mol. The van der Waals surface area contributed by atoms with Crippen LogP contribution in [0, 0.1) is 11.3 Å². The number of nitrogens with zero attached hydrogens (tertiary/aromatic N) is 3. The quantitative estimate of drug-likeness (QED) is 0.721. The van der Waals surface area contributed by atoms with E-state index in [1.54, 1.807) is 18.6 Å². The number of nitriles is 1. The van der Waals surface area contributed by atoms with E-state index in [0.29, 0.717) is 23.6 Å². The molecule has 0 saturated carbocycles. The zero-order valence-electron chi connectivity index (χ0n) is 9.14. The fourth-order valence-electron chi connectivity index (χ4n) is 1.44. The van der Waals surface area contributed by atoms with E-state index in [2.05, 4.69) is 26.3 Å². The third-order valence-corrected chi connectivity index (χ3v) is 2.27. The van der Waals surface area contributed by atoms with Crippen molar-refractivity contribution in [3.05, 3.63) is 36.0 Å². The van der Waals surface area contributed by atoms with Gasteiger partial charge in [-0.2, -0.15) is 5.26 Å². The average molecular weight is 228 g/mol. The summed E-state index contributed by atoms with van der Waals surface area (Å²) in [7, 11) is 0. The summed E-state index contributed by atoms with van der Waals surface area (Å²) >= 11 is 0. The fraction of sp³-hybridized carbons (Fsp3) is 0.182. The largest absolute Gasteiger partial charge is 0.397 e. The molecule has 0 atom stereocenters.